The average Bonchev–Trinajstić information content (AvgIpc) is 3.52. The molecule has 184 valence electrons. The minimum atomic E-state index is -0.708. The summed E-state index contributed by atoms with van der Waals surface area (Å²) in [7, 11) is 0. The van der Waals surface area contributed by atoms with Gasteiger partial charge in [0.15, 0.2) is 11.6 Å². The average molecular weight is 500 g/mol. The molecule has 5 rings (SSSR count). The van der Waals surface area contributed by atoms with Crippen LogP contribution in [0.25, 0.3) is 11.3 Å². The molecule has 3 N–H and O–H groups in total. The summed E-state index contributed by atoms with van der Waals surface area (Å²) in [5.41, 5.74) is 8.69. The monoisotopic (exact) mass is 499 g/mol. The second-order valence-corrected chi connectivity index (χ2v) is 9.50. The molecule has 0 aliphatic carbocycles. The molecule has 0 saturated carbocycles. The number of nitrogen functional groups attached to an aromatic ring is 1. The van der Waals surface area contributed by atoms with Crippen molar-refractivity contribution in [2.24, 2.45) is 0 Å². The fourth-order valence-corrected chi connectivity index (χ4v) is 5.13. The summed E-state index contributed by atoms with van der Waals surface area (Å²) in [6, 6.07) is 5.00. The first-order chi connectivity index (χ1) is 16.8. The molecule has 2 aliphatic rings. The molecule has 35 heavy (non-hydrogen) atoms. The van der Waals surface area contributed by atoms with E-state index in [2.05, 4.69) is 21.4 Å². The number of fused-ring (bicyclic) bond motifs is 2. The number of nitrogens with zero attached hydrogens (tertiary/aromatic N) is 5. The minimum absolute atomic E-state index is 0.0205. The second-order valence-electron chi connectivity index (χ2n) is 9.06. The van der Waals surface area contributed by atoms with Crippen LogP contribution in [0.15, 0.2) is 30.6 Å². The fraction of sp³-hybridized carbons (Fsp3) is 0.417. The number of aromatic nitrogens is 4. The highest BCUT2D eigenvalue weighted by Gasteiger charge is 2.46. The number of amides is 2. The number of anilines is 1. The highest BCUT2D eigenvalue weighted by molar-refractivity contribution is 6.30. The molecule has 0 radical (unpaired) electrons. The van der Waals surface area contributed by atoms with Crippen LogP contribution in [0.2, 0.25) is 5.02 Å². The van der Waals surface area contributed by atoms with Gasteiger partial charge >= 0.3 is 6.03 Å². The molecule has 11 heteroatoms. The van der Waals surface area contributed by atoms with Gasteiger partial charge in [0.1, 0.15) is 17.6 Å². The van der Waals surface area contributed by atoms with E-state index in [4.69, 9.17) is 27.2 Å². The van der Waals surface area contributed by atoms with Gasteiger partial charge in [-0.2, -0.15) is 5.10 Å². The highest BCUT2D eigenvalue weighted by atomic mass is 35.5. The van der Waals surface area contributed by atoms with Gasteiger partial charge in [-0.1, -0.05) is 11.6 Å². The third-order valence-corrected chi connectivity index (χ3v) is 7.00. The number of nitrogens with two attached hydrogens (primary N) is 1. The van der Waals surface area contributed by atoms with Crippen LogP contribution in [0.1, 0.15) is 44.2 Å². The quantitative estimate of drug-likeness (QED) is 0.550. The molecule has 2 amide bonds. The van der Waals surface area contributed by atoms with Crippen LogP contribution in [0.4, 0.5) is 15.0 Å². The van der Waals surface area contributed by atoms with Gasteiger partial charge < -0.3 is 20.7 Å². The molecular formula is C24H27ClFN7O2. The lowest BCUT2D eigenvalue weighted by Gasteiger charge is -2.23. The first-order valence-electron chi connectivity index (χ1n) is 11.6. The van der Waals surface area contributed by atoms with E-state index in [0.717, 1.165) is 42.9 Å². The predicted molar refractivity (Wildman–Crippen MR) is 130 cm³/mol. The Morgan fingerprint density at radius 3 is 2.86 bits per heavy atom. The van der Waals surface area contributed by atoms with Gasteiger partial charge in [-0.05, 0) is 44.9 Å². The SMILES string of the molecule is CCNC(=O)N1CCC2(CCn3nc(-c4cnc(N)c(OC(C)c5ncc(Cl)cc5F)c4)cc32)C1. The van der Waals surface area contributed by atoms with E-state index in [0.29, 0.717) is 18.8 Å². The fourth-order valence-electron chi connectivity index (χ4n) is 4.99. The van der Waals surface area contributed by atoms with Gasteiger partial charge in [-0.15, -0.1) is 0 Å². The van der Waals surface area contributed by atoms with E-state index in [1.165, 1.54) is 12.3 Å². The zero-order valence-electron chi connectivity index (χ0n) is 19.6. The molecule has 1 saturated heterocycles. The topological polar surface area (TPSA) is 111 Å². The van der Waals surface area contributed by atoms with Crippen LogP contribution in [-0.4, -0.2) is 50.3 Å². The Kier molecular flexibility index (Phi) is 6.00. The zero-order chi connectivity index (χ0) is 24.7. The summed E-state index contributed by atoms with van der Waals surface area (Å²) >= 11 is 5.80. The molecule has 1 fully saturated rings. The molecule has 5 heterocycles. The second kappa shape index (κ2) is 8.99. The Labute approximate surface area is 207 Å². The lowest BCUT2D eigenvalue weighted by molar-refractivity contribution is 0.206. The van der Waals surface area contributed by atoms with E-state index >= 15 is 0 Å². The molecule has 2 aliphatic heterocycles. The van der Waals surface area contributed by atoms with E-state index in [1.807, 2.05) is 16.5 Å². The number of urea groups is 1. The largest absolute Gasteiger partial charge is 0.480 e. The van der Waals surface area contributed by atoms with E-state index in [1.54, 1.807) is 19.2 Å². The number of nitrogens with one attached hydrogen (secondary N) is 1. The number of likely N-dealkylation sites (tertiary alicyclic amines) is 1. The maximum atomic E-state index is 14.3. The summed E-state index contributed by atoms with van der Waals surface area (Å²) in [6.45, 7) is 6.40. The summed E-state index contributed by atoms with van der Waals surface area (Å²) in [6.07, 6.45) is 4.17. The number of hydrogen-bond donors (Lipinski definition) is 2. The molecule has 9 nitrogen and oxygen atoms in total. The van der Waals surface area contributed by atoms with Gasteiger partial charge in [-0.25, -0.2) is 14.2 Å². The number of aryl methyl sites for hydroxylation is 1. The lowest BCUT2D eigenvalue weighted by Crippen LogP contribution is -2.40. The normalized spacial score (nSPS) is 19.7. The van der Waals surface area contributed by atoms with E-state index < -0.39 is 11.9 Å². The number of ether oxygens (including phenoxy) is 1. The standard InChI is InChI=1S/C24H27ClFN7O2/c1-3-28-23(34)32-6-4-24(13-32)5-7-33-20(24)10-18(31-33)15-8-19(22(27)30-11-15)35-14(2)21-17(26)9-16(25)12-29-21/h8-12,14H,3-7,13H2,1-2H3,(H2,27,30)(H,28,34). The van der Waals surface area contributed by atoms with Crippen molar-refractivity contribution in [1.82, 2.24) is 30.0 Å². The predicted octanol–water partition coefficient (Wildman–Crippen LogP) is 3.93. The third-order valence-electron chi connectivity index (χ3n) is 6.80. The third kappa shape index (κ3) is 4.27. The molecule has 3 aromatic heterocycles. The van der Waals surface area contributed by atoms with E-state index in [9.17, 15) is 9.18 Å². The van der Waals surface area contributed by atoms with E-state index in [-0.39, 0.29) is 28.0 Å². The van der Waals surface area contributed by atoms with Crippen LogP contribution >= 0.6 is 11.6 Å². The van der Waals surface area contributed by atoms with Crippen molar-refractivity contribution >= 4 is 23.4 Å². The van der Waals surface area contributed by atoms with Crippen LogP contribution in [0, 0.1) is 5.82 Å². The number of halogens is 2. The summed E-state index contributed by atoms with van der Waals surface area (Å²) in [5.74, 6) is -0.0504. The van der Waals surface area contributed by atoms with Gasteiger partial charge in [0.2, 0.25) is 0 Å². The van der Waals surface area contributed by atoms with Crippen LogP contribution < -0.4 is 15.8 Å². The van der Waals surface area contributed by atoms with Crippen molar-refractivity contribution in [1.29, 1.82) is 0 Å². The molecule has 0 bridgehead atoms. The lowest BCUT2D eigenvalue weighted by atomic mass is 9.82. The van der Waals surface area contributed by atoms with Crippen molar-refractivity contribution < 1.29 is 13.9 Å². The Hall–Kier alpha value is -3.40. The van der Waals surface area contributed by atoms with Crippen molar-refractivity contribution in [3.63, 3.8) is 0 Å². The Morgan fingerprint density at radius 1 is 1.29 bits per heavy atom. The first kappa shape index (κ1) is 23.3. The first-order valence-corrected chi connectivity index (χ1v) is 12.0. The maximum absolute atomic E-state index is 14.3. The van der Waals surface area contributed by atoms with Gasteiger partial charge in [0, 0.05) is 55.2 Å². The number of pyridine rings is 2. The van der Waals surface area contributed by atoms with Crippen molar-refractivity contribution in [3.8, 4) is 17.0 Å². The molecule has 2 atom stereocenters. The maximum Gasteiger partial charge on any atom is 0.317 e. The van der Waals surface area contributed by atoms with Crippen molar-refractivity contribution in [2.75, 3.05) is 25.4 Å². The molecule has 1 spiro atoms. The number of hydrogen-bond acceptors (Lipinski definition) is 6. The highest BCUT2D eigenvalue weighted by Crippen LogP contribution is 2.44. The number of rotatable bonds is 5. The van der Waals surface area contributed by atoms with Crippen LogP contribution in [0.3, 0.4) is 0 Å². The Balaban J connectivity index is 1.38. The summed E-state index contributed by atoms with van der Waals surface area (Å²) in [5, 5.41) is 7.89. The van der Waals surface area contributed by atoms with Crippen LogP contribution in [0.5, 0.6) is 5.75 Å². The summed E-state index contributed by atoms with van der Waals surface area (Å²) < 4.78 is 22.2. The summed E-state index contributed by atoms with van der Waals surface area (Å²) in [4.78, 5) is 22.5. The van der Waals surface area contributed by atoms with Crippen LogP contribution in [-0.2, 0) is 12.0 Å². The van der Waals surface area contributed by atoms with Gasteiger partial charge in [0.25, 0.3) is 0 Å². The molecule has 0 aromatic carbocycles. The van der Waals surface area contributed by atoms with Gasteiger partial charge in [0.05, 0.1) is 10.7 Å². The van der Waals surface area contributed by atoms with Gasteiger partial charge in [-0.3, -0.25) is 9.67 Å². The Morgan fingerprint density at radius 2 is 2.09 bits per heavy atom. The molecule has 2 unspecified atom stereocenters. The minimum Gasteiger partial charge on any atom is -0.480 e. The van der Waals surface area contributed by atoms with Crippen molar-refractivity contribution in [3.05, 3.63) is 52.8 Å². The number of carbonyl (C=O) groups excluding carboxylic acids is 1. The smallest absolute Gasteiger partial charge is 0.317 e. The Bertz CT molecular complexity index is 1280. The zero-order valence-corrected chi connectivity index (χ0v) is 20.3. The molecule has 3 aromatic rings. The van der Waals surface area contributed by atoms with Crippen molar-refractivity contribution in [2.45, 2.75) is 44.8 Å². The number of carbonyl (C=O) groups is 1. The molecular weight excluding hydrogens is 473 g/mol.